The normalized spacial score (nSPS) is 11.0. The van der Waals surface area contributed by atoms with Gasteiger partial charge in [0.2, 0.25) is 5.88 Å². The molecule has 0 bridgehead atoms. The lowest BCUT2D eigenvalue weighted by molar-refractivity contribution is 0.292. The van der Waals surface area contributed by atoms with Crippen LogP contribution < -0.4 is 10.1 Å². The summed E-state index contributed by atoms with van der Waals surface area (Å²) >= 11 is 0. The summed E-state index contributed by atoms with van der Waals surface area (Å²) in [5.74, 6) is 1.30. The van der Waals surface area contributed by atoms with Crippen molar-refractivity contribution in [3.8, 4) is 5.88 Å². The SMILES string of the molecule is Cc1cc(OCc2ccccc2CNCC(C)C)n[nH]1. The van der Waals surface area contributed by atoms with Crippen LogP contribution >= 0.6 is 0 Å². The molecule has 0 fully saturated rings. The zero-order valence-electron chi connectivity index (χ0n) is 12.4. The Morgan fingerprint density at radius 1 is 1.25 bits per heavy atom. The molecule has 1 aromatic heterocycles. The predicted molar refractivity (Wildman–Crippen MR) is 80.6 cm³/mol. The average molecular weight is 273 g/mol. The van der Waals surface area contributed by atoms with E-state index in [1.54, 1.807) is 0 Å². The third-order valence-electron chi connectivity index (χ3n) is 3.04. The highest BCUT2D eigenvalue weighted by Crippen LogP contribution is 2.13. The van der Waals surface area contributed by atoms with Crippen LogP contribution in [0, 0.1) is 12.8 Å². The smallest absolute Gasteiger partial charge is 0.233 e. The van der Waals surface area contributed by atoms with Crippen LogP contribution in [0.2, 0.25) is 0 Å². The summed E-state index contributed by atoms with van der Waals surface area (Å²) in [6, 6.07) is 10.3. The summed E-state index contributed by atoms with van der Waals surface area (Å²) in [6.45, 7) is 8.82. The van der Waals surface area contributed by atoms with E-state index in [0.717, 1.165) is 18.8 Å². The van der Waals surface area contributed by atoms with Gasteiger partial charge in [0.15, 0.2) is 0 Å². The summed E-state index contributed by atoms with van der Waals surface area (Å²) in [5, 5.41) is 10.4. The first kappa shape index (κ1) is 14.6. The molecule has 0 radical (unpaired) electrons. The standard InChI is InChI=1S/C16H23N3O/c1-12(2)9-17-10-14-6-4-5-7-15(14)11-20-16-8-13(3)18-19-16/h4-8,12,17H,9-11H2,1-3H3,(H,18,19). The second kappa shape index (κ2) is 7.10. The first-order valence-electron chi connectivity index (χ1n) is 7.07. The molecule has 0 saturated heterocycles. The van der Waals surface area contributed by atoms with E-state index < -0.39 is 0 Å². The minimum atomic E-state index is 0.545. The lowest BCUT2D eigenvalue weighted by Crippen LogP contribution is -2.20. The van der Waals surface area contributed by atoms with Gasteiger partial charge in [-0.3, -0.25) is 5.10 Å². The summed E-state index contributed by atoms with van der Waals surface area (Å²) in [4.78, 5) is 0. The first-order chi connectivity index (χ1) is 9.65. The summed E-state index contributed by atoms with van der Waals surface area (Å²) in [6.07, 6.45) is 0. The van der Waals surface area contributed by atoms with Gasteiger partial charge in [-0.2, -0.15) is 0 Å². The molecular weight excluding hydrogens is 250 g/mol. The van der Waals surface area contributed by atoms with E-state index >= 15 is 0 Å². The van der Waals surface area contributed by atoms with Gasteiger partial charge < -0.3 is 10.1 Å². The fourth-order valence-corrected chi connectivity index (χ4v) is 1.98. The minimum Gasteiger partial charge on any atom is -0.472 e. The van der Waals surface area contributed by atoms with Gasteiger partial charge in [-0.25, -0.2) is 0 Å². The molecule has 0 amide bonds. The van der Waals surface area contributed by atoms with Crippen molar-refractivity contribution in [2.24, 2.45) is 5.92 Å². The van der Waals surface area contributed by atoms with Gasteiger partial charge in [0.25, 0.3) is 0 Å². The first-order valence-corrected chi connectivity index (χ1v) is 7.07. The van der Waals surface area contributed by atoms with Gasteiger partial charge in [0.05, 0.1) is 0 Å². The van der Waals surface area contributed by atoms with Crippen LogP contribution in [0.5, 0.6) is 5.88 Å². The maximum absolute atomic E-state index is 5.71. The average Bonchev–Trinajstić information content (AvgIpc) is 2.83. The zero-order valence-corrected chi connectivity index (χ0v) is 12.4. The molecule has 4 nitrogen and oxygen atoms in total. The molecule has 108 valence electrons. The fourth-order valence-electron chi connectivity index (χ4n) is 1.98. The van der Waals surface area contributed by atoms with Crippen LogP contribution in [0.1, 0.15) is 30.7 Å². The Morgan fingerprint density at radius 3 is 2.65 bits per heavy atom. The number of H-pyrrole nitrogens is 1. The number of hydrogen-bond acceptors (Lipinski definition) is 3. The van der Waals surface area contributed by atoms with E-state index in [4.69, 9.17) is 4.74 Å². The highest BCUT2D eigenvalue weighted by molar-refractivity contribution is 5.27. The number of rotatable bonds is 7. The predicted octanol–water partition coefficient (Wildman–Crippen LogP) is 3.04. The Bertz CT molecular complexity index is 534. The third kappa shape index (κ3) is 4.38. The van der Waals surface area contributed by atoms with E-state index in [9.17, 15) is 0 Å². The molecule has 0 saturated carbocycles. The van der Waals surface area contributed by atoms with Crippen LogP contribution in [0.25, 0.3) is 0 Å². The number of aryl methyl sites for hydroxylation is 1. The number of aromatic amines is 1. The topological polar surface area (TPSA) is 49.9 Å². The monoisotopic (exact) mass is 273 g/mol. The molecule has 0 aliphatic carbocycles. The van der Waals surface area contributed by atoms with Crippen LogP contribution in [0.3, 0.4) is 0 Å². The second-order valence-electron chi connectivity index (χ2n) is 5.47. The molecular formula is C16H23N3O. The van der Waals surface area contributed by atoms with Crippen molar-refractivity contribution >= 4 is 0 Å². The van der Waals surface area contributed by atoms with E-state index in [1.807, 2.05) is 19.1 Å². The number of nitrogens with zero attached hydrogens (tertiary/aromatic N) is 1. The third-order valence-corrected chi connectivity index (χ3v) is 3.04. The van der Waals surface area contributed by atoms with Crippen molar-refractivity contribution in [3.05, 3.63) is 47.2 Å². The maximum atomic E-state index is 5.71. The van der Waals surface area contributed by atoms with Crippen LogP contribution in [0.15, 0.2) is 30.3 Å². The number of ether oxygens (including phenoxy) is 1. The van der Waals surface area contributed by atoms with Gasteiger partial charge >= 0.3 is 0 Å². The van der Waals surface area contributed by atoms with Crippen molar-refractivity contribution in [1.82, 2.24) is 15.5 Å². The molecule has 0 aliphatic rings. The Hall–Kier alpha value is -1.81. The zero-order chi connectivity index (χ0) is 14.4. The molecule has 0 spiro atoms. The van der Waals surface area contributed by atoms with Crippen molar-refractivity contribution in [2.45, 2.75) is 33.9 Å². The van der Waals surface area contributed by atoms with Gasteiger partial charge in [-0.05, 0) is 30.5 Å². The molecule has 2 rings (SSSR count). The van der Waals surface area contributed by atoms with Crippen LogP contribution in [-0.2, 0) is 13.2 Å². The Morgan fingerprint density at radius 2 is 2.00 bits per heavy atom. The van der Waals surface area contributed by atoms with Crippen molar-refractivity contribution in [2.75, 3.05) is 6.54 Å². The lowest BCUT2D eigenvalue weighted by Gasteiger charge is -2.12. The molecule has 20 heavy (non-hydrogen) atoms. The minimum absolute atomic E-state index is 0.545. The second-order valence-corrected chi connectivity index (χ2v) is 5.47. The highest BCUT2D eigenvalue weighted by atomic mass is 16.5. The Labute approximate surface area is 120 Å². The molecule has 1 heterocycles. The summed E-state index contributed by atoms with van der Waals surface area (Å²) in [5.41, 5.74) is 3.48. The quantitative estimate of drug-likeness (QED) is 0.815. The maximum Gasteiger partial charge on any atom is 0.233 e. The van der Waals surface area contributed by atoms with Crippen molar-refractivity contribution < 1.29 is 4.74 Å². The van der Waals surface area contributed by atoms with Gasteiger partial charge in [-0.1, -0.05) is 38.1 Å². The van der Waals surface area contributed by atoms with Crippen LogP contribution in [0.4, 0.5) is 0 Å². The van der Waals surface area contributed by atoms with Crippen molar-refractivity contribution in [3.63, 3.8) is 0 Å². The largest absolute Gasteiger partial charge is 0.472 e. The number of hydrogen-bond donors (Lipinski definition) is 2. The summed E-state index contributed by atoms with van der Waals surface area (Å²) < 4.78 is 5.71. The molecule has 0 atom stereocenters. The van der Waals surface area contributed by atoms with Crippen LogP contribution in [-0.4, -0.2) is 16.7 Å². The molecule has 2 N–H and O–H groups in total. The number of benzene rings is 1. The molecule has 0 unspecified atom stereocenters. The molecule has 2 aromatic rings. The molecule has 0 aliphatic heterocycles. The summed E-state index contributed by atoms with van der Waals surface area (Å²) in [7, 11) is 0. The van der Waals surface area contributed by atoms with Gasteiger partial charge in [0, 0.05) is 18.3 Å². The van der Waals surface area contributed by atoms with E-state index in [-0.39, 0.29) is 0 Å². The fraction of sp³-hybridized carbons (Fsp3) is 0.438. The Kier molecular flexibility index (Phi) is 5.18. The molecule has 4 heteroatoms. The number of aromatic nitrogens is 2. The lowest BCUT2D eigenvalue weighted by atomic mass is 10.1. The highest BCUT2D eigenvalue weighted by Gasteiger charge is 2.04. The molecule has 1 aromatic carbocycles. The van der Waals surface area contributed by atoms with E-state index in [0.29, 0.717) is 18.4 Å². The van der Waals surface area contributed by atoms with E-state index in [2.05, 4.69) is 47.6 Å². The Balaban J connectivity index is 1.93. The van der Waals surface area contributed by atoms with Gasteiger partial charge in [-0.15, -0.1) is 5.10 Å². The number of nitrogens with one attached hydrogen (secondary N) is 2. The van der Waals surface area contributed by atoms with E-state index in [1.165, 1.54) is 11.1 Å². The van der Waals surface area contributed by atoms with Gasteiger partial charge in [0.1, 0.15) is 6.61 Å². The van der Waals surface area contributed by atoms with Crippen molar-refractivity contribution in [1.29, 1.82) is 0 Å².